The van der Waals surface area contributed by atoms with Crippen LogP contribution in [0.3, 0.4) is 0 Å². The summed E-state index contributed by atoms with van der Waals surface area (Å²) in [6.45, 7) is 2.26. The first kappa shape index (κ1) is 23.0. The number of nitrogens with one attached hydrogen (secondary N) is 1. The van der Waals surface area contributed by atoms with Crippen LogP contribution in [0.25, 0.3) is 0 Å². The van der Waals surface area contributed by atoms with Gasteiger partial charge in [-0.1, -0.05) is 11.6 Å². The molecule has 1 aliphatic heterocycles. The SMILES string of the molecule is O=C(c1ccc(NS(=O)(=O)c2ccc(F)c(Cl)c2)cc1)N1CCN(c2ccc(F)cc2)CC1. The Morgan fingerprint density at radius 1 is 0.879 bits per heavy atom. The summed E-state index contributed by atoms with van der Waals surface area (Å²) in [6, 6.07) is 15.5. The number of piperazine rings is 1. The summed E-state index contributed by atoms with van der Waals surface area (Å²) in [4.78, 5) is 16.5. The second-order valence-corrected chi connectivity index (χ2v) is 9.60. The van der Waals surface area contributed by atoms with Crippen LogP contribution in [0.15, 0.2) is 71.6 Å². The van der Waals surface area contributed by atoms with E-state index in [1.165, 1.54) is 24.3 Å². The van der Waals surface area contributed by atoms with Gasteiger partial charge in [-0.25, -0.2) is 17.2 Å². The molecule has 10 heteroatoms. The Bertz CT molecular complexity index is 1260. The van der Waals surface area contributed by atoms with Gasteiger partial charge in [0.2, 0.25) is 0 Å². The zero-order valence-electron chi connectivity index (χ0n) is 17.3. The molecule has 0 spiro atoms. The average Bonchev–Trinajstić information content (AvgIpc) is 2.81. The predicted molar refractivity (Wildman–Crippen MR) is 123 cm³/mol. The molecule has 1 N–H and O–H groups in total. The summed E-state index contributed by atoms with van der Waals surface area (Å²) < 4.78 is 53.8. The first-order valence-corrected chi connectivity index (χ1v) is 12.0. The largest absolute Gasteiger partial charge is 0.368 e. The topological polar surface area (TPSA) is 69.7 Å². The number of hydrogen-bond acceptors (Lipinski definition) is 4. The van der Waals surface area contributed by atoms with Crippen molar-refractivity contribution in [3.05, 3.63) is 89.0 Å². The summed E-state index contributed by atoms with van der Waals surface area (Å²) in [5, 5.41) is -0.293. The molecule has 3 aromatic carbocycles. The minimum atomic E-state index is -3.97. The number of carbonyl (C=O) groups excluding carboxylic acids is 1. The third-order valence-corrected chi connectivity index (χ3v) is 7.01. The maximum Gasteiger partial charge on any atom is 0.261 e. The van der Waals surface area contributed by atoms with Gasteiger partial charge in [0.1, 0.15) is 11.6 Å². The smallest absolute Gasteiger partial charge is 0.261 e. The maximum absolute atomic E-state index is 13.3. The lowest BCUT2D eigenvalue weighted by Gasteiger charge is -2.36. The number of carbonyl (C=O) groups is 1. The average molecular weight is 492 g/mol. The summed E-state index contributed by atoms with van der Waals surface area (Å²) >= 11 is 5.67. The van der Waals surface area contributed by atoms with Crippen LogP contribution in [0.5, 0.6) is 0 Å². The molecular weight excluding hydrogens is 472 g/mol. The van der Waals surface area contributed by atoms with Crippen LogP contribution < -0.4 is 9.62 Å². The van der Waals surface area contributed by atoms with Crippen LogP contribution in [0.4, 0.5) is 20.2 Å². The number of sulfonamides is 1. The van der Waals surface area contributed by atoms with E-state index in [-0.39, 0.29) is 27.3 Å². The zero-order chi connectivity index (χ0) is 23.6. The fourth-order valence-corrected chi connectivity index (χ4v) is 4.87. The first-order chi connectivity index (χ1) is 15.7. The van der Waals surface area contributed by atoms with E-state index in [9.17, 15) is 22.0 Å². The van der Waals surface area contributed by atoms with Gasteiger partial charge in [-0.3, -0.25) is 9.52 Å². The highest BCUT2D eigenvalue weighted by Crippen LogP contribution is 2.23. The van der Waals surface area contributed by atoms with Gasteiger partial charge < -0.3 is 9.80 Å². The van der Waals surface area contributed by atoms with Crippen molar-refractivity contribution >= 4 is 38.9 Å². The summed E-state index contributed by atoms with van der Waals surface area (Å²) in [5.41, 5.74) is 1.59. The molecule has 1 fully saturated rings. The van der Waals surface area contributed by atoms with Crippen molar-refractivity contribution < 1.29 is 22.0 Å². The van der Waals surface area contributed by atoms with E-state index in [0.717, 1.165) is 23.9 Å². The van der Waals surface area contributed by atoms with Gasteiger partial charge in [0.25, 0.3) is 15.9 Å². The Kier molecular flexibility index (Phi) is 6.53. The van der Waals surface area contributed by atoms with Gasteiger partial charge in [0.15, 0.2) is 0 Å². The van der Waals surface area contributed by atoms with Crippen LogP contribution in [0.2, 0.25) is 5.02 Å². The lowest BCUT2D eigenvalue weighted by Crippen LogP contribution is -2.48. The highest BCUT2D eigenvalue weighted by Gasteiger charge is 2.23. The van der Waals surface area contributed by atoms with Gasteiger partial charge in [-0.05, 0) is 66.7 Å². The number of rotatable bonds is 5. The molecular formula is C23H20ClF2N3O3S. The number of anilines is 2. The van der Waals surface area contributed by atoms with Gasteiger partial charge in [0.05, 0.1) is 9.92 Å². The highest BCUT2D eigenvalue weighted by molar-refractivity contribution is 7.92. The molecule has 0 bridgehead atoms. The molecule has 1 heterocycles. The standard InChI is InChI=1S/C23H20ClF2N3O3S/c24-21-15-20(9-10-22(21)26)33(31,32)27-18-5-1-16(2-6-18)23(30)29-13-11-28(12-14-29)19-7-3-17(25)4-8-19/h1-10,15,27H,11-14H2. The monoisotopic (exact) mass is 491 g/mol. The van der Waals surface area contributed by atoms with Crippen molar-refractivity contribution in [1.29, 1.82) is 0 Å². The molecule has 1 aliphatic rings. The number of nitrogens with zero attached hydrogens (tertiary/aromatic N) is 2. The van der Waals surface area contributed by atoms with E-state index in [1.54, 1.807) is 29.2 Å². The van der Waals surface area contributed by atoms with Crippen LogP contribution in [0, 0.1) is 11.6 Å². The normalized spacial score (nSPS) is 14.3. The quantitative estimate of drug-likeness (QED) is 0.575. The number of amides is 1. The molecule has 1 amide bonds. The molecule has 3 aromatic rings. The Labute approximate surface area is 195 Å². The van der Waals surface area contributed by atoms with Crippen LogP contribution in [-0.4, -0.2) is 45.4 Å². The molecule has 0 atom stereocenters. The van der Waals surface area contributed by atoms with Crippen molar-refractivity contribution in [2.75, 3.05) is 35.8 Å². The fraction of sp³-hybridized carbons (Fsp3) is 0.174. The third kappa shape index (κ3) is 5.26. The molecule has 0 saturated carbocycles. The Morgan fingerprint density at radius 2 is 1.52 bits per heavy atom. The summed E-state index contributed by atoms with van der Waals surface area (Å²) in [6.07, 6.45) is 0. The summed E-state index contributed by atoms with van der Waals surface area (Å²) in [5.74, 6) is -1.16. The zero-order valence-corrected chi connectivity index (χ0v) is 18.9. The molecule has 0 aliphatic carbocycles. The number of halogens is 3. The second-order valence-electron chi connectivity index (χ2n) is 7.51. The minimum absolute atomic E-state index is 0.159. The van der Waals surface area contributed by atoms with Crippen LogP contribution in [0.1, 0.15) is 10.4 Å². The number of hydrogen-bond donors (Lipinski definition) is 1. The predicted octanol–water partition coefficient (Wildman–Crippen LogP) is 4.38. The van der Waals surface area contributed by atoms with Crippen LogP contribution in [-0.2, 0) is 10.0 Å². The van der Waals surface area contributed by atoms with E-state index < -0.39 is 15.8 Å². The molecule has 0 radical (unpaired) electrons. The van der Waals surface area contributed by atoms with Gasteiger partial charge in [-0.2, -0.15) is 0 Å². The molecule has 6 nitrogen and oxygen atoms in total. The van der Waals surface area contributed by atoms with E-state index in [1.807, 2.05) is 0 Å². The Hall–Kier alpha value is -3.17. The second kappa shape index (κ2) is 9.36. The first-order valence-electron chi connectivity index (χ1n) is 10.1. The van der Waals surface area contributed by atoms with E-state index >= 15 is 0 Å². The van der Waals surface area contributed by atoms with Gasteiger partial charge >= 0.3 is 0 Å². The lowest BCUT2D eigenvalue weighted by atomic mass is 10.1. The molecule has 0 unspecified atom stereocenters. The molecule has 0 aromatic heterocycles. The van der Waals surface area contributed by atoms with E-state index in [2.05, 4.69) is 9.62 Å². The minimum Gasteiger partial charge on any atom is -0.368 e. The van der Waals surface area contributed by atoms with Crippen molar-refractivity contribution in [2.45, 2.75) is 4.90 Å². The van der Waals surface area contributed by atoms with Crippen molar-refractivity contribution in [2.24, 2.45) is 0 Å². The van der Waals surface area contributed by atoms with Crippen molar-refractivity contribution in [1.82, 2.24) is 4.90 Å². The lowest BCUT2D eigenvalue weighted by molar-refractivity contribution is 0.0747. The third-order valence-electron chi connectivity index (χ3n) is 5.34. The summed E-state index contributed by atoms with van der Waals surface area (Å²) in [7, 11) is -3.97. The van der Waals surface area contributed by atoms with Crippen LogP contribution >= 0.6 is 11.6 Å². The number of benzene rings is 3. The molecule has 1 saturated heterocycles. The van der Waals surface area contributed by atoms with Gasteiger partial charge in [-0.15, -0.1) is 0 Å². The van der Waals surface area contributed by atoms with E-state index in [0.29, 0.717) is 31.7 Å². The fourth-order valence-electron chi connectivity index (χ4n) is 3.54. The van der Waals surface area contributed by atoms with Crippen molar-refractivity contribution in [3.8, 4) is 0 Å². The van der Waals surface area contributed by atoms with E-state index in [4.69, 9.17) is 11.6 Å². The molecule has 4 rings (SSSR count). The van der Waals surface area contributed by atoms with Crippen molar-refractivity contribution in [3.63, 3.8) is 0 Å². The Morgan fingerprint density at radius 3 is 2.12 bits per heavy atom. The Balaban J connectivity index is 1.38. The maximum atomic E-state index is 13.3. The van der Waals surface area contributed by atoms with Gasteiger partial charge in [0, 0.05) is 43.1 Å². The molecule has 172 valence electrons. The molecule has 33 heavy (non-hydrogen) atoms. The highest BCUT2D eigenvalue weighted by atomic mass is 35.5.